The molecule has 0 aliphatic rings. The molecule has 0 fully saturated rings. The van der Waals surface area contributed by atoms with E-state index in [1.165, 1.54) is 6.20 Å². The first-order valence-corrected chi connectivity index (χ1v) is 9.11. The van der Waals surface area contributed by atoms with Crippen molar-refractivity contribution >= 4 is 22.8 Å². The van der Waals surface area contributed by atoms with Crippen molar-refractivity contribution in [3.8, 4) is 6.07 Å². The second-order valence-electron chi connectivity index (χ2n) is 6.91. The molecule has 0 atom stereocenters. The lowest BCUT2D eigenvalue weighted by Gasteiger charge is -2.04. The van der Waals surface area contributed by atoms with Crippen LogP contribution in [0, 0.1) is 18.3 Å². The Labute approximate surface area is 167 Å². The van der Waals surface area contributed by atoms with Gasteiger partial charge in [0.05, 0.1) is 24.2 Å². The highest BCUT2D eigenvalue weighted by Crippen LogP contribution is 2.19. The number of aromatic nitrogens is 5. The normalized spacial score (nSPS) is 10.8. The number of nitrogens with one attached hydrogen (secondary N) is 1. The van der Waals surface area contributed by atoms with E-state index in [1.54, 1.807) is 35.3 Å². The molecule has 0 unspecified atom stereocenters. The Bertz CT molecular complexity index is 1230. The van der Waals surface area contributed by atoms with E-state index < -0.39 is 0 Å². The van der Waals surface area contributed by atoms with Crippen LogP contribution in [0.25, 0.3) is 11.0 Å². The second kappa shape index (κ2) is 7.56. The molecule has 8 nitrogen and oxygen atoms in total. The van der Waals surface area contributed by atoms with E-state index in [2.05, 4.69) is 20.4 Å². The molecular weight excluding hydrogens is 366 g/mol. The van der Waals surface area contributed by atoms with Crippen molar-refractivity contribution in [2.75, 3.05) is 5.32 Å². The topological polar surface area (TPSA) is 101 Å². The number of aryl methyl sites for hydroxylation is 2. The van der Waals surface area contributed by atoms with E-state index in [1.807, 2.05) is 36.9 Å². The Morgan fingerprint density at radius 1 is 1.24 bits per heavy atom. The minimum Gasteiger partial charge on any atom is -0.335 e. The minimum atomic E-state index is -0.151. The standard InChI is InChI=1S/C21H19N7O/c1-14-12-27(2)21-18(14)7-16(11-24-21)8-20(29)25-19-5-6-28(26-19)13-17-4-3-15(9-22)10-23-17/h3-7,10-12H,8,13H2,1-2H3,(H,25,26,29). The summed E-state index contributed by atoms with van der Waals surface area (Å²) in [5.41, 5.74) is 4.18. The highest BCUT2D eigenvalue weighted by molar-refractivity contribution is 5.92. The molecule has 0 saturated heterocycles. The van der Waals surface area contributed by atoms with Gasteiger partial charge in [-0.1, -0.05) is 0 Å². The van der Waals surface area contributed by atoms with Gasteiger partial charge in [-0.3, -0.25) is 14.5 Å². The number of anilines is 1. The number of hydrogen-bond donors (Lipinski definition) is 1. The van der Waals surface area contributed by atoms with E-state index in [0.29, 0.717) is 17.9 Å². The largest absolute Gasteiger partial charge is 0.335 e. The zero-order valence-electron chi connectivity index (χ0n) is 16.1. The van der Waals surface area contributed by atoms with Crippen molar-refractivity contribution in [3.05, 3.63) is 71.4 Å². The summed E-state index contributed by atoms with van der Waals surface area (Å²) in [6, 6.07) is 9.29. The Morgan fingerprint density at radius 3 is 2.86 bits per heavy atom. The SMILES string of the molecule is Cc1cn(C)c2ncc(CC(=O)Nc3ccn(Cc4ccc(C#N)cn4)n3)cc12. The number of carbonyl (C=O) groups is 1. The van der Waals surface area contributed by atoms with Gasteiger partial charge >= 0.3 is 0 Å². The van der Waals surface area contributed by atoms with Gasteiger partial charge in [0, 0.05) is 43.3 Å². The van der Waals surface area contributed by atoms with E-state index >= 15 is 0 Å². The van der Waals surface area contributed by atoms with Crippen molar-refractivity contribution in [2.24, 2.45) is 7.05 Å². The van der Waals surface area contributed by atoms with Crippen LogP contribution in [0.5, 0.6) is 0 Å². The number of pyridine rings is 2. The third-order valence-electron chi connectivity index (χ3n) is 4.62. The van der Waals surface area contributed by atoms with Crippen LogP contribution >= 0.6 is 0 Å². The molecule has 0 aliphatic carbocycles. The Morgan fingerprint density at radius 2 is 2.10 bits per heavy atom. The average Bonchev–Trinajstić information content (AvgIpc) is 3.26. The summed E-state index contributed by atoms with van der Waals surface area (Å²) in [4.78, 5) is 21.1. The Balaban J connectivity index is 1.40. The molecule has 144 valence electrons. The molecule has 0 radical (unpaired) electrons. The van der Waals surface area contributed by atoms with E-state index in [-0.39, 0.29) is 12.3 Å². The van der Waals surface area contributed by atoms with Gasteiger partial charge in [-0.05, 0) is 36.2 Å². The van der Waals surface area contributed by atoms with E-state index in [0.717, 1.165) is 27.9 Å². The molecule has 4 aromatic heterocycles. The predicted octanol–water partition coefficient (Wildman–Crippen LogP) is 2.57. The Kier molecular flexibility index (Phi) is 4.79. The third-order valence-corrected chi connectivity index (χ3v) is 4.62. The molecule has 4 heterocycles. The van der Waals surface area contributed by atoms with Crippen LogP contribution in [0.15, 0.2) is 49.1 Å². The zero-order valence-corrected chi connectivity index (χ0v) is 16.1. The fourth-order valence-corrected chi connectivity index (χ4v) is 3.23. The van der Waals surface area contributed by atoms with Gasteiger partial charge < -0.3 is 9.88 Å². The van der Waals surface area contributed by atoms with Gasteiger partial charge in [0.25, 0.3) is 0 Å². The van der Waals surface area contributed by atoms with Crippen molar-refractivity contribution in [3.63, 3.8) is 0 Å². The number of fused-ring (bicyclic) bond motifs is 1. The monoisotopic (exact) mass is 385 g/mol. The summed E-state index contributed by atoms with van der Waals surface area (Å²) < 4.78 is 3.66. The van der Waals surface area contributed by atoms with Gasteiger partial charge in [0.2, 0.25) is 5.91 Å². The van der Waals surface area contributed by atoms with E-state index in [9.17, 15) is 4.79 Å². The lowest BCUT2D eigenvalue weighted by molar-refractivity contribution is -0.115. The summed E-state index contributed by atoms with van der Waals surface area (Å²) in [7, 11) is 1.96. The second-order valence-corrected chi connectivity index (χ2v) is 6.91. The average molecular weight is 385 g/mol. The lowest BCUT2D eigenvalue weighted by atomic mass is 10.1. The van der Waals surface area contributed by atoms with Gasteiger partial charge in [-0.2, -0.15) is 10.4 Å². The smallest absolute Gasteiger partial charge is 0.230 e. The zero-order chi connectivity index (χ0) is 20.4. The number of nitriles is 1. The molecule has 4 aromatic rings. The van der Waals surface area contributed by atoms with Crippen molar-refractivity contribution in [1.82, 2.24) is 24.3 Å². The molecular formula is C21H19N7O. The van der Waals surface area contributed by atoms with Crippen LogP contribution < -0.4 is 5.32 Å². The summed E-state index contributed by atoms with van der Waals surface area (Å²) in [6.45, 7) is 2.48. The maximum Gasteiger partial charge on any atom is 0.230 e. The maximum absolute atomic E-state index is 12.4. The fraction of sp³-hybridized carbons (Fsp3) is 0.190. The molecule has 0 spiro atoms. The number of nitrogens with zero attached hydrogens (tertiary/aromatic N) is 6. The van der Waals surface area contributed by atoms with Crippen molar-refractivity contribution in [1.29, 1.82) is 5.26 Å². The molecule has 0 bridgehead atoms. The fourth-order valence-electron chi connectivity index (χ4n) is 3.23. The first-order chi connectivity index (χ1) is 14.0. The number of carbonyl (C=O) groups excluding carboxylic acids is 1. The molecule has 8 heteroatoms. The number of amides is 1. The molecule has 4 rings (SSSR count). The summed E-state index contributed by atoms with van der Waals surface area (Å²) in [6.07, 6.45) is 7.28. The van der Waals surface area contributed by atoms with Crippen LogP contribution in [-0.2, 0) is 24.8 Å². The van der Waals surface area contributed by atoms with Crippen LogP contribution in [0.3, 0.4) is 0 Å². The molecule has 1 amide bonds. The van der Waals surface area contributed by atoms with E-state index in [4.69, 9.17) is 5.26 Å². The molecule has 0 saturated carbocycles. The van der Waals surface area contributed by atoms with Gasteiger partial charge in [-0.25, -0.2) is 4.98 Å². The first kappa shape index (κ1) is 18.4. The molecule has 1 N–H and O–H groups in total. The van der Waals surface area contributed by atoms with Crippen molar-refractivity contribution in [2.45, 2.75) is 19.9 Å². The van der Waals surface area contributed by atoms with Crippen LogP contribution in [0.4, 0.5) is 5.82 Å². The lowest BCUT2D eigenvalue weighted by Crippen LogP contribution is -2.15. The van der Waals surface area contributed by atoms with Gasteiger partial charge in [0.1, 0.15) is 11.7 Å². The van der Waals surface area contributed by atoms with Crippen LogP contribution in [0.1, 0.15) is 22.4 Å². The highest BCUT2D eigenvalue weighted by Gasteiger charge is 2.10. The minimum absolute atomic E-state index is 0.151. The number of hydrogen-bond acceptors (Lipinski definition) is 5. The summed E-state index contributed by atoms with van der Waals surface area (Å²) in [5, 5.41) is 17.1. The van der Waals surface area contributed by atoms with Crippen molar-refractivity contribution < 1.29 is 4.79 Å². The summed E-state index contributed by atoms with van der Waals surface area (Å²) in [5.74, 6) is 0.329. The van der Waals surface area contributed by atoms with Gasteiger partial charge in [0.15, 0.2) is 5.82 Å². The van der Waals surface area contributed by atoms with Crippen LogP contribution in [0.2, 0.25) is 0 Å². The third kappa shape index (κ3) is 3.99. The highest BCUT2D eigenvalue weighted by atomic mass is 16.1. The maximum atomic E-state index is 12.4. The Hall–Kier alpha value is -3.99. The summed E-state index contributed by atoms with van der Waals surface area (Å²) >= 11 is 0. The first-order valence-electron chi connectivity index (χ1n) is 9.11. The quantitative estimate of drug-likeness (QED) is 0.569. The van der Waals surface area contributed by atoms with Gasteiger partial charge in [-0.15, -0.1) is 0 Å². The molecule has 0 aromatic carbocycles. The molecule has 29 heavy (non-hydrogen) atoms. The number of rotatable bonds is 5. The van der Waals surface area contributed by atoms with Crippen LogP contribution in [-0.4, -0.2) is 30.2 Å². The predicted molar refractivity (Wildman–Crippen MR) is 108 cm³/mol. The molecule has 0 aliphatic heterocycles.